The molecule has 16 heavy (non-hydrogen) atoms. The Bertz CT molecular complexity index is 385. The van der Waals surface area contributed by atoms with Crippen molar-refractivity contribution >= 4 is 40.6 Å². The zero-order chi connectivity index (χ0) is 12.1. The number of halogens is 2. The quantitative estimate of drug-likeness (QED) is 0.394. The van der Waals surface area contributed by atoms with Crippen LogP contribution in [0.1, 0.15) is 20.3 Å². The van der Waals surface area contributed by atoms with Crippen molar-refractivity contribution in [1.82, 2.24) is 9.97 Å². The Kier molecular flexibility index (Phi) is 4.76. The molecular weight excluding hydrogens is 251 g/mol. The molecule has 0 aliphatic carbocycles. The summed E-state index contributed by atoms with van der Waals surface area (Å²) in [6.07, 6.45) is 0.631. The minimum atomic E-state index is -0.00379. The lowest BCUT2D eigenvalue weighted by Crippen LogP contribution is -2.03. The molecule has 0 bridgehead atoms. The number of aliphatic imine (C=N–C) groups is 1. The third-order valence-electron chi connectivity index (χ3n) is 1.69. The number of hydrogen-bond acceptors (Lipinski definition) is 5. The third-order valence-corrected chi connectivity index (χ3v) is 2.12. The molecule has 5 nitrogen and oxygen atoms in total. The standard InChI is InChI=1S/C9H12Cl2N4O/c1-3-5(16-4-2)13-6-7(10)14-9(11)15-8(6)12/h3-4H2,1-2H3,(H2,12,14,15). The Labute approximate surface area is 104 Å². The monoisotopic (exact) mass is 262 g/mol. The van der Waals surface area contributed by atoms with Gasteiger partial charge in [-0.3, -0.25) is 0 Å². The maximum Gasteiger partial charge on any atom is 0.225 e. The van der Waals surface area contributed by atoms with E-state index in [1.165, 1.54) is 0 Å². The first kappa shape index (κ1) is 13.0. The van der Waals surface area contributed by atoms with Crippen LogP contribution in [0.15, 0.2) is 4.99 Å². The Balaban J connectivity index is 3.12. The fourth-order valence-corrected chi connectivity index (χ4v) is 1.46. The molecule has 7 heteroatoms. The summed E-state index contributed by atoms with van der Waals surface area (Å²) in [5.74, 6) is 0.665. The normalized spacial score (nSPS) is 11.6. The first-order valence-electron chi connectivity index (χ1n) is 4.77. The summed E-state index contributed by atoms with van der Waals surface area (Å²) in [7, 11) is 0. The van der Waals surface area contributed by atoms with Gasteiger partial charge in [-0.1, -0.05) is 18.5 Å². The lowest BCUT2D eigenvalue weighted by molar-refractivity contribution is 0.319. The Morgan fingerprint density at radius 1 is 1.38 bits per heavy atom. The first-order valence-corrected chi connectivity index (χ1v) is 5.52. The summed E-state index contributed by atoms with van der Waals surface area (Å²) in [4.78, 5) is 11.7. The van der Waals surface area contributed by atoms with Crippen LogP contribution in [-0.2, 0) is 4.74 Å². The van der Waals surface area contributed by atoms with Crippen LogP contribution >= 0.6 is 23.2 Å². The number of anilines is 1. The molecule has 1 heterocycles. The van der Waals surface area contributed by atoms with E-state index in [9.17, 15) is 0 Å². The Hall–Kier alpha value is -1.07. The van der Waals surface area contributed by atoms with Gasteiger partial charge in [0.1, 0.15) is 5.69 Å². The molecule has 0 radical (unpaired) electrons. The first-order chi connectivity index (χ1) is 7.58. The van der Waals surface area contributed by atoms with Gasteiger partial charge in [0, 0.05) is 6.42 Å². The summed E-state index contributed by atoms with van der Waals surface area (Å²) in [6, 6.07) is 0. The van der Waals surface area contributed by atoms with Gasteiger partial charge >= 0.3 is 0 Å². The molecule has 0 saturated heterocycles. The van der Waals surface area contributed by atoms with Crippen LogP contribution < -0.4 is 5.73 Å². The predicted octanol–water partition coefficient (Wildman–Crippen LogP) is 2.84. The fourth-order valence-electron chi connectivity index (χ4n) is 1.03. The van der Waals surface area contributed by atoms with Gasteiger partial charge in [0.05, 0.1) is 6.61 Å². The number of nitrogen functional groups attached to an aromatic ring is 1. The van der Waals surface area contributed by atoms with E-state index < -0.39 is 0 Å². The number of hydrogen-bond donors (Lipinski definition) is 1. The van der Waals surface area contributed by atoms with E-state index in [-0.39, 0.29) is 21.9 Å². The molecule has 0 aromatic carbocycles. The number of nitrogens with zero attached hydrogens (tertiary/aromatic N) is 3. The molecule has 0 fully saturated rings. The molecule has 0 aliphatic rings. The molecule has 0 unspecified atom stereocenters. The van der Waals surface area contributed by atoms with Crippen LogP contribution in [0.3, 0.4) is 0 Å². The van der Waals surface area contributed by atoms with Crippen molar-refractivity contribution in [2.45, 2.75) is 20.3 Å². The number of rotatable bonds is 3. The minimum Gasteiger partial charge on any atom is -0.481 e. The highest BCUT2D eigenvalue weighted by molar-refractivity contribution is 6.34. The van der Waals surface area contributed by atoms with Gasteiger partial charge in [0.25, 0.3) is 0 Å². The van der Waals surface area contributed by atoms with Gasteiger partial charge in [-0.2, -0.15) is 4.98 Å². The lowest BCUT2D eigenvalue weighted by atomic mass is 10.4. The van der Waals surface area contributed by atoms with E-state index in [0.717, 1.165) is 0 Å². The molecule has 0 amide bonds. The lowest BCUT2D eigenvalue weighted by Gasteiger charge is -2.06. The van der Waals surface area contributed by atoms with E-state index in [2.05, 4.69) is 15.0 Å². The fraction of sp³-hybridized carbons (Fsp3) is 0.444. The molecular formula is C9H12Cl2N4O. The Morgan fingerprint density at radius 2 is 2.06 bits per heavy atom. The SMILES string of the molecule is CCOC(CC)=Nc1c(N)nc(Cl)nc1Cl. The highest BCUT2D eigenvalue weighted by atomic mass is 35.5. The molecule has 1 aromatic heterocycles. The molecule has 1 aromatic rings. The van der Waals surface area contributed by atoms with E-state index in [1.54, 1.807) is 0 Å². The highest BCUT2D eigenvalue weighted by Crippen LogP contribution is 2.29. The maximum atomic E-state index is 5.86. The number of nitrogens with two attached hydrogens (primary N) is 1. The topological polar surface area (TPSA) is 73.4 Å². The molecule has 0 atom stereocenters. The minimum absolute atomic E-state index is 0.00379. The second-order valence-corrected chi connectivity index (χ2v) is 3.51. The largest absolute Gasteiger partial charge is 0.481 e. The second-order valence-electron chi connectivity index (χ2n) is 2.81. The van der Waals surface area contributed by atoms with Crippen LogP contribution in [0.4, 0.5) is 11.5 Å². The van der Waals surface area contributed by atoms with Crippen LogP contribution in [0.5, 0.6) is 0 Å². The zero-order valence-electron chi connectivity index (χ0n) is 9.00. The van der Waals surface area contributed by atoms with Crippen LogP contribution in [0.2, 0.25) is 10.4 Å². The van der Waals surface area contributed by atoms with E-state index in [4.69, 9.17) is 33.7 Å². The summed E-state index contributed by atoms with van der Waals surface area (Å²) in [5.41, 5.74) is 5.93. The average molecular weight is 263 g/mol. The third kappa shape index (κ3) is 3.21. The molecule has 0 saturated carbocycles. The van der Waals surface area contributed by atoms with Gasteiger partial charge in [0.15, 0.2) is 16.9 Å². The van der Waals surface area contributed by atoms with Gasteiger partial charge in [0.2, 0.25) is 5.28 Å². The van der Waals surface area contributed by atoms with Crippen molar-refractivity contribution in [3.8, 4) is 0 Å². The molecule has 1 rings (SSSR count). The molecule has 2 N–H and O–H groups in total. The van der Waals surface area contributed by atoms with Gasteiger partial charge in [-0.05, 0) is 18.5 Å². The van der Waals surface area contributed by atoms with E-state index in [0.29, 0.717) is 18.9 Å². The van der Waals surface area contributed by atoms with Crippen molar-refractivity contribution in [3.63, 3.8) is 0 Å². The predicted molar refractivity (Wildman–Crippen MR) is 65.5 cm³/mol. The maximum absolute atomic E-state index is 5.86. The zero-order valence-corrected chi connectivity index (χ0v) is 10.5. The average Bonchev–Trinajstić information content (AvgIpc) is 2.21. The summed E-state index contributed by atoms with van der Waals surface area (Å²) in [6.45, 7) is 4.31. The van der Waals surface area contributed by atoms with Crippen LogP contribution in [0, 0.1) is 0 Å². The van der Waals surface area contributed by atoms with Crippen molar-refractivity contribution in [2.24, 2.45) is 4.99 Å². The van der Waals surface area contributed by atoms with E-state index >= 15 is 0 Å². The van der Waals surface area contributed by atoms with Crippen molar-refractivity contribution in [3.05, 3.63) is 10.4 Å². The summed E-state index contributed by atoms with van der Waals surface area (Å²) in [5, 5.41) is 0.110. The van der Waals surface area contributed by atoms with Gasteiger partial charge in [-0.25, -0.2) is 9.98 Å². The Morgan fingerprint density at radius 3 is 2.56 bits per heavy atom. The number of aromatic nitrogens is 2. The van der Waals surface area contributed by atoms with E-state index in [1.807, 2.05) is 13.8 Å². The van der Waals surface area contributed by atoms with Crippen LogP contribution in [0.25, 0.3) is 0 Å². The summed E-state index contributed by atoms with van der Waals surface area (Å²) >= 11 is 11.4. The molecule has 0 spiro atoms. The highest BCUT2D eigenvalue weighted by Gasteiger charge is 2.10. The smallest absolute Gasteiger partial charge is 0.225 e. The summed E-state index contributed by atoms with van der Waals surface area (Å²) < 4.78 is 5.28. The van der Waals surface area contributed by atoms with Gasteiger partial charge < -0.3 is 10.5 Å². The molecule has 0 aliphatic heterocycles. The van der Waals surface area contributed by atoms with Crippen molar-refractivity contribution in [2.75, 3.05) is 12.3 Å². The van der Waals surface area contributed by atoms with Crippen molar-refractivity contribution in [1.29, 1.82) is 0 Å². The van der Waals surface area contributed by atoms with Gasteiger partial charge in [-0.15, -0.1) is 0 Å². The number of ether oxygens (including phenoxy) is 1. The second kappa shape index (κ2) is 5.86. The van der Waals surface area contributed by atoms with Crippen LogP contribution in [-0.4, -0.2) is 22.5 Å². The molecule has 88 valence electrons. The van der Waals surface area contributed by atoms with Crippen molar-refractivity contribution < 1.29 is 4.74 Å².